The molecule has 1 saturated heterocycles. The lowest BCUT2D eigenvalue weighted by atomic mass is 10.0. The van der Waals surface area contributed by atoms with Gasteiger partial charge in [-0.15, -0.1) is 10.2 Å². The van der Waals surface area contributed by atoms with Crippen LogP contribution in [0.2, 0.25) is 0 Å². The van der Waals surface area contributed by atoms with Gasteiger partial charge in [0, 0.05) is 28.5 Å². The zero-order valence-electron chi connectivity index (χ0n) is 20.1. The van der Waals surface area contributed by atoms with Crippen molar-refractivity contribution in [2.24, 2.45) is 5.92 Å². The van der Waals surface area contributed by atoms with Crippen molar-refractivity contribution in [2.75, 3.05) is 23.8 Å². The van der Waals surface area contributed by atoms with E-state index in [1.54, 1.807) is 19.1 Å². The molecule has 1 N–H and O–H groups in total. The molecule has 2 aliphatic rings. The summed E-state index contributed by atoms with van der Waals surface area (Å²) in [5.74, 6) is 5.57. The third kappa shape index (κ3) is 3.60. The van der Waals surface area contributed by atoms with Crippen molar-refractivity contribution in [1.29, 1.82) is 0 Å². The summed E-state index contributed by atoms with van der Waals surface area (Å²) in [6.07, 6.45) is 7.45. The number of para-hydroxylation sites is 1. The molecule has 0 spiro atoms. The molecule has 5 atom stereocenters. The van der Waals surface area contributed by atoms with Gasteiger partial charge in [0.05, 0.1) is 12.4 Å². The predicted octanol–water partition coefficient (Wildman–Crippen LogP) is 5.51. The van der Waals surface area contributed by atoms with Crippen molar-refractivity contribution >= 4 is 27.9 Å². The summed E-state index contributed by atoms with van der Waals surface area (Å²) in [5, 5.41) is 10.0. The normalized spacial score (nSPS) is 27.0. The van der Waals surface area contributed by atoms with Gasteiger partial charge in [0.2, 0.25) is 5.95 Å². The highest BCUT2D eigenvalue weighted by molar-refractivity contribution is 8.33. The third-order valence-electron chi connectivity index (χ3n) is 7.17. The summed E-state index contributed by atoms with van der Waals surface area (Å²) in [5.41, 5.74) is 2.18. The van der Waals surface area contributed by atoms with E-state index < -0.39 is 10.0 Å². The number of benzene rings is 1. The number of aromatic nitrogens is 5. The Morgan fingerprint density at radius 3 is 2.70 bits per heavy atom. The van der Waals surface area contributed by atoms with Crippen LogP contribution in [0.25, 0.3) is 5.69 Å². The largest absolute Gasteiger partial charge is 0.495 e. The average Bonchev–Trinajstić information content (AvgIpc) is 3.37. The molecule has 33 heavy (non-hydrogen) atoms. The number of rotatable bonds is 6. The Hall–Kier alpha value is -2.26. The molecule has 7 nitrogen and oxygen atoms in total. The van der Waals surface area contributed by atoms with Crippen molar-refractivity contribution in [3.63, 3.8) is 0 Å². The van der Waals surface area contributed by atoms with Gasteiger partial charge in [-0.2, -0.15) is 0 Å². The fourth-order valence-corrected chi connectivity index (χ4v) is 10.2. The first kappa shape index (κ1) is 22.5. The molecule has 0 bridgehead atoms. The second-order valence-electron chi connectivity index (χ2n) is 9.40. The van der Waals surface area contributed by atoms with Crippen LogP contribution in [-0.4, -0.2) is 49.1 Å². The molecule has 0 radical (unpaired) electrons. The summed E-state index contributed by atoms with van der Waals surface area (Å²) >= 11 is 1.64. The number of nitrogens with zero attached hydrogens (tertiary/aromatic N) is 5. The first-order chi connectivity index (χ1) is 15.8. The number of hydrogen-bond acceptors (Lipinski definition) is 7. The van der Waals surface area contributed by atoms with Gasteiger partial charge in [0.1, 0.15) is 17.3 Å². The van der Waals surface area contributed by atoms with E-state index in [0.29, 0.717) is 11.2 Å². The van der Waals surface area contributed by atoms with Crippen LogP contribution < -0.4 is 9.46 Å². The Morgan fingerprint density at radius 1 is 1.21 bits per heavy atom. The SMILES string of the molecule is COc1cccc2c1-n1c(NSC(C)C(C)c3ncc(C)cn3)nnc1C1C(C)CCS21C. The van der Waals surface area contributed by atoms with Gasteiger partial charge in [-0.3, -0.25) is 9.29 Å². The second-order valence-corrected chi connectivity index (χ2v) is 14.3. The minimum atomic E-state index is -1.03. The Labute approximate surface area is 201 Å². The lowest BCUT2D eigenvalue weighted by Crippen LogP contribution is -2.23. The van der Waals surface area contributed by atoms with Crippen LogP contribution in [0, 0.1) is 12.8 Å². The topological polar surface area (TPSA) is 77.8 Å². The maximum atomic E-state index is 5.83. The van der Waals surface area contributed by atoms with Crippen molar-refractivity contribution < 1.29 is 4.74 Å². The number of methoxy groups -OCH3 is 1. The van der Waals surface area contributed by atoms with E-state index in [4.69, 9.17) is 9.84 Å². The van der Waals surface area contributed by atoms with E-state index in [-0.39, 0.29) is 11.2 Å². The molecule has 1 fully saturated rings. The van der Waals surface area contributed by atoms with Crippen LogP contribution >= 0.6 is 22.0 Å². The van der Waals surface area contributed by atoms with Crippen molar-refractivity contribution in [1.82, 2.24) is 24.7 Å². The van der Waals surface area contributed by atoms with Gasteiger partial charge in [-0.25, -0.2) is 20.0 Å². The summed E-state index contributed by atoms with van der Waals surface area (Å²) in [7, 11) is 0.718. The van der Waals surface area contributed by atoms with Crippen LogP contribution in [0.3, 0.4) is 0 Å². The van der Waals surface area contributed by atoms with Crippen molar-refractivity contribution in [2.45, 2.75) is 55.4 Å². The fraction of sp³-hybridized carbons (Fsp3) is 0.500. The summed E-state index contributed by atoms with van der Waals surface area (Å²) < 4.78 is 11.6. The van der Waals surface area contributed by atoms with Crippen LogP contribution in [-0.2, 0) is 0 Å². The number of aryl methyl sites for hydroxylation is 1. The zero-order valence-corrected chi connectivity index (χ0v) is 21.7. The second kappa shape index (κ2) is 8.51. The standard InChI is InChI=1S/C24H32N6OS2/c1-14-12-25-22(26-13-14)16(3)17(4)32-29-24-28-27-23-21-15(2)10-11-33(21,6)19-9-7-8-18(31-5)20(19)30(23)24/h7-9,12-13,15-17,21H,10-11H2,1-6H3,(H,28,29). The maximum Gasteiger partial charge on any atom is 0.239 e. The highest BCUT2D eigenvalue weighted by atomic mass is 32.3. The Kier molecular flexibility index (Phi) is 5.81. The minimum Gasteiger partial charge on any atom is -0.495 e. The molecule has 4 heterocycles. The first-order valence-corrected chi connectivity index (χ1v) is 14.6. The van der Waals surface area contributed by atoms with E-state index >= 15 is 0 Å². The summed E-state index contributed by atoms with van der Waals surface area (Å²) in [6, 6.07) is 6.45. The van der Waals surface area contributed by atoms with E-state index in [9.17, 15) is 0 Å². The molecular formula is C24H32N6OS2. The number of ether oxygens (including phenoxy) is 1. The number of nitrogens with one attached hydrogen (secondary N) is 1. The zero-order chi connectivity index (χ0) is 23.3. The van der Waals surface area contributed by atoms with Crippen LogP contribution in [0.1, 0.15) is 55.6 Å². The molecular weight excluding hydrogens is 452 g/mol. The molecule has 2 aromatic heterocycles. The summed E-state index contributed by atoms with van der Waals surface area (Å²) in [6.45, 7) is 8.72. The molecule has 0 aliphatic carbocycles. The van der Waals surface area contributed by atoms with E-state index in [1.807, 2.05) is 25.4 Å². The van der Waals surface area contributed by atoms with Gasteiger partial charge in [0.15, 0.2) is 5.82 Å². The van der Waals surface area contributed by atoms with Crippen LogP contribution in [0.4, 0.5) is 5.95 Å². The molecule has 0 saturated carbocycles. The van der Waals surface area contributed by atoms with Gasteiger partial charge in [0.25, 0.3) is 0 Å². The van der Waals surface area contributed by atoms with E-state index in [1.165, 1.54) is 17.1 Å². The summed E-state index contributed by atoms with van der Waals surface area (Å²) in [4.78, 5) is 10.4. The van der Waals surface area contributed by atoms with Gasteiger partial charge in [-0.05, 0) is 60.9 Å². The van der Waals surface area contributed by atoms with Gasteiger partial charge < -0.3 is 4.74 Å². The lowest BCUT2D eigenvalue weighted by molar-refractivity contribution is 0.410. The fourth-order valence-electron chi connectivity index (χ4n) is 5.08. The van der Waals surface area contributed by atoms with E-state index in [2.05, 4.69) is 63.5 Å². The minimum absolute atomic E-state index is 0.191. The Balaban J connectivity index is 1.48. The van der Waals surface area contributed by atoms with E-state index in [0.717, 1.165) is 34.6 Å². The number of fused-ring (bicyclic) bond motifs is 6. The van der Waals surface area contributed by atoms with Crippen molar-refractivity contribution in [3.8, 4) is 11.4 Å². The molecule has 2 aliphatic heterocycles. The third-order valence-corrected chi connectivity index (χ3v) is 12.5. The predicted molar refractivity (Wildman–Crippen MR) is 137 cm³/mol. The molecule has 5 rings (SSSR count). The molecule has 176 valence electrons. The first-order valence-electron chi connectivity index (χ1n) is 11.4. The smallest absolute Gasteiger partial charge is 0.239 e. The quantitative estimate of drug-likeness (QED) is 0.462. The molecule has 0 amide bonds. The maximum absolute atomic E-state index is 5.83. The van der Waals surface area contributed by atoms with Crippen molar-refractivity contribution in [3.05, 3.63) is 47.8 Å². The van der Waals surface area contributed by atoms with Gasteiger partial charge >= 0.3 is 0 Å². The molecule has 5 unspecified atom stereocenters. The van der Waals surface area contributed by atoms with Crippen LogP contribution in [0.5, 0.6) is 5.75 Å². The molecule has 1 aromatic carbocycles. The lowest BCUT2D eigenvalue weighted by Gasteiger charge is -2.44. The van der Waals surface area contributed by atoms with Gasteiger partial charge in [-0.1, -0.05) is 26.8 Å². The highest BCUT2D eigenvalue weighted by Crippen LogP contribution is 2.74. The van der Waals surface area contributed by atoms with Crippen LogP contribution in [0.15, 0.2) is 35.5 Å². The monoisotopic (exact) mass is 484 g/mol. The number of anilines is 1. The molecule has 3 aromatic rings. The average molecular weight is 485 g/mol. The Bertz CT molecular complexity index is 1170. The Morgan fingerprint density at radius 2 is 1.97 bits per heavy atom. The molecule has 9 heteroatoms. The number of hydrogen-bond donors (Lipinski definition) is 1. The highest BCUT2D eigenvalue weighted by Gasteiger charge is 2.49.